The molecule has 0 atom stereocenters. The maximum atomic E-state index is 11.2. The van der Waals surface area contributed by atoms with Crippen LogP contribution in [0.1, 0.15) is 18.1 Å². The van der Waals surface area contributed by atoms with Crippen LogP contribution in [0, 0.1) is 13.8 Å². The molecule has 98 valence electrons. The first-order valence-corrected chi connectivity index (χ1v) is 5.68. The summed E-state index contributed by atoms with van der Waals surface area (Å²) in [6, 6.07) is 3.56. The molecule has 5 heteroatoms. The summed E-state index contributed by atoms with van der Waals surface area (Å²) in [6.45, 7) is 5.67. The van der Waals surface area contributed by atoms with Crippen LogP contribution in [0.2, 0.25) is 0 Å². The minimum atomic E-state index is -0.397. The van der Waals surface area contributed by atoms with Crippen LogP contribution >= 0.6 is 0 Å². The molecule has 0 fully saturated rings. The van der Waals surface area contributed by atoms with Crippen LogP contribution in [-0.2, 0) is 14.3 Å². The Morgan fingerprint density at radius 3 is 2.44 bits per heavy atom. The predicted octanol–water partition coefficient (Wildman–Crippen LogP) is 1.81. The number of hydrogen-bond acceptors (Lipinski definition) is 4. The molecular formula is C13H17NO4. The summed E-state index contributed by atoms with van der Waals surface area (Å²) < 4.78 is 10.2. The quantitative estimate of drug-likeness (QED) is 0.618. The van der Waals surface area contributed by atoms with E-state index in [-0.39, 0.29) is 6.61 Å². The Balaban J connectivity index is 2.77. The molecule has 1 N–H and O–H groups in total. The van der Waals surface area contributed by atoms with E-state index in [4.69, 9.17) is 9.47 Å². The minimum Gasteiger partial charge on any atom is -0.481 e. The molecule has 18 heavy (non-hydrogen) atoms. The summed E-state index contributed by atoms with van der Waals surface area (Å²) in [5, 5.41) is 2.57. The van der Waals surface area contributed by atoms with E-state index in [2.05, 4.69) is 5.32 Å². The van der Waals surface area contributed by atoms with Gasteiger partial charge in [-0.2, -0.15) is 0 Å². The Bertz CT molecular complexity index is 420. The second-order valence-corrected chi connectivity index (χ2v) is 3.80. The highest BCUT2D eigenvalue weighted by Crippen LogP contribution is 2.26. The van der Waals surface area contributed by atoms with E-state index in [0.29, 0.717) is 24.5 Å². The van der Waals surface area contributed by atoms with Crippen molar-refractivity contribution in [1.29, 1.82) is 0 Å². The molecule has 0 unspecified atom stereocenters. The normalized spacial score (nSPS) is 9.72. The fourth-order valence-electron chi connectivity index (χ4n) is 1.66. The number of amides is 1. The lowest BCUT2D eigenvalue weighted by molar-refractivity contribution is -0.145. The molecule has 0 aliphatic carbocycles. The smallest absolute Gasteiger partial charge is 0.344 e. The second kappa shape index (κ2) is 6.64. The average Bonchev–Trinajstić information content (AvgIpc) is 2.28. The Kier molecular flexibility index (Phi) is 5.17. The third-order valence-electron chi connectivity index (χ3n) is 2.33. The van der Waals surface area contributed by atoms with E-state index in [9.17, 15) is 9.59 Å². The first-order valence-electron chi connectivity index (χ1n) is 5.68. The molecular weight excluding hydrogens is 234 g/mol. The van der Waals surface area contributed by atoms with Crippen molar-refractivity contribution in [2.75, 3.05) is 18.5 Å². The first-order chi connectivity index (χ1) is 8.58. The van der Waals surface area contributed by atoms with Gasteiger partial charge in [0.25, 0.3) is 0 Å². The fourth-order valence-corrected chi connectivity index (χ4v) is 1.66. The van der Waals surface area contributed by atoms with Crippen LogP contribution in [0.5, 0.6) is 5.75 Å². The highest BCUT2D eigenvalue weighted by Gasteiger charge is 2.09. The molecule has 0 bridgehead atoms. The molecule has 0 aromatic heterocycles. The Labute approximate surface area is 106 Å². The number of carbonyl (C=O) groups is 2. The SMILES string of the molecule is CCOC(=O)COc1c(C)cc(NC=O)cc1C. The molecule has 1 amide bonds. The van der Waals surface area contributed by atoms with Gasteiger partial charge in [-0.1, -0.05) is 0 Å². The highest BCUT2D eigenvalue weighted by atomic mass is 16.6. The van der Waals surface area contributed by atoms with Gasteiger partial charge in [0, 0.05) is 5.69 Å². The summed E-state index contributed by atoms with van der Waals surface area (Å²) in [7, 11) is 0. The maximum absolute atomic E-state index is 11.2. The average molecular weight is 251 g/mol. The van der Waals surface area contributed by atoms with Gasteiger partial charge in [-0.25, -0.2) is 4.79 Å². The van der Waals surface area contributed by atoms with Crippen LogP contribution in [-0.4, -0.2) is 25.6 Å². The zero-order valence-electron chi connectivity index (χ0n) is 10.8. The van der Waals surface area contributed by atoms with Gasteiger partial charge in [0.2, 0.25) is 6.41 Å². The third-order valence-corrected chi connectivity index (χ3v) is 2.33. The van der Waals surface area contributed by atoms with E-state index in [0.717, 1.165) is 11.1 Å². The molecule has 1 aromatic rings. The van der Waals surface area contributed by atoms with Crippen molar-refractivity contribution in [3.8, 4) is 5.75 Å². The molecule has 1 aromatic carbocycles. The number of carbonyl (C=O) groups excluding carboxylic acids is 2. The summed E-state index contributed by atoms with van der Waals surface area (Å²) in [4.78, 5) is 21.6. The van der Waals surface area contributed by atoms with Crippen molar-refractivity contribution in [2.24, 2.45) is 0 Å². The Morgan fingerprint density at radius 1 is 1.33 bits per heavy atom. The van der Waals surface area contributed by atoms with Crippen molar-refractivity contribution in [1.82, 2.24) is 0 Å². The maximum Gasteiger partial charge on any atom is 0.344 e. The third kappa shape index (κ3) is 3.76. The van der Waals surface area contributed by atoms with Gasteiger partial charge in [-0.05, 0) is 44.0 Å². The molecule has 0 aliphatic rings. The van der Waals surface area contributed by atoms with Gasteiger partial charge < -0.3 is 14.8 Å². The Hall–Kier alpha value is -2.04. The lowest BCUT2D eigenvalue weighted by Gasteiger charge is -2.13. The van der Waals surface area contributed by atoms with Crippen LogP contribution in [0.25, 0.3) is 0 Å². The first kappa shape index (κ1) is 14.0. The van der Waals surface area contributed by atoms with Gasteiger partial charge in [0.1, 0.15) is 5.75 Å². The zero-order valence-corrected chi connectivity index (χ0v) is 10.8. The van der Waals surface area contributed by atoms with Crippen molar-refractivity contribution in [3.05, 3.63) is 23.3 Å². The van der Waals surface area contributed by atoms with Crippen LogP contribution in [0.3, 0.4) is 0 Å². The number of rotatable bonds is 6. The number of ether oxygens (including phenoxy) is 2. The number of esters is 1. The topological polar surface area (TPSA) is 64.6 Å². The van der Waals surface area contributed by atoms with Gasteiger partial charge in [0.15, 0.2) is 6.61 Å². The summed E-state index contributed by atoms with van der Waals surface area (Å²) in [5.74, 6) is 0.242. The van der Waals surface area contributed by atoms with Gasteiger partial charge in [0.05, 0.1) is 6.61 Å². The lowest BCUT2D eigenvalue weighted by atomic mass is 10.1. The molecule has 5 nitrogen and oxygen atoms in total. The molecule has 1 rings (SSSR count). The van der Waals surface area contributed by atoms with E-state index in [1.54, 1.807) is 19.1 Å². The highest BCUT2D eigenvalue weighted by molar-refractivity contribution is 5.73. The van der Waals surface area contributed by atoms with Gasteiger partial charge >= 0.3 is 5.97 Å². The fraction of sp³-hybridized carbons (Fsp3) is 0.385. The van der Waals surface area contributed by atoms with E-state index in [1.807, 2.05) is 13.8 Å². The number of anilines is 1. The molecule has 0 radical (unpaired) electrons. The zero-order chi connectivity index (χ0) is 13.5. The van der Waals surface area contributed by atoms with Crippen molar-refractivity contribution < 1.29 is 19.1 Å². The largest absolute Gasteiger partial charge is 0.481 e. The van der Waals surface area contributed by atoms with E-state index < -0.39 is 5.97 Å². The van der Waals surface area contributed by atoms with Crippen molar-refractivity contribution in [3.63, 3.8) is 0 Å². The molecule has 0 saturated heterocycles. The Morgan fingerprint density at radius 2 is 1.94 bits per heavy atom. The van der Waals surface area contributed by atoms with Crippen LogP contribution < -0.4 is 10.1 Å². The standard InChI is InChI=1S/C13H17NO4/c1-4-17-12(16)7-18-13-9(2)5-11(14-8-15)6-10(13)3/h5-6,8H,4,7H2,1-3H3,(H,14,15). The second-order valence-electron chi connectivity index (χ2n) is 3.80. The number of benzene rings is 1. The summed E-state index contributed by atoms with van der Waals surface area (Å²) >= 11 is 0. The molecule has 0 saturated carbocycles. The van der Waals surface area contributed by atoms with Gasteiger partial charge in [-0.15, -0.1) is 0 Å². The summed E-state index contributed by atoms with van der Waals surface area (Å²) in [6.07, 6.45) is 0.618. The molecule has 0 aliphatic heterocycles. The minimum absolute atomic E-state index is 0.115. The monoisotopic (exact) mass is 251 g/mol. The number of hydrogen-bond donors (Lipinski definition) is 1. The van der Waals surface area contributed by atoms with Crippen LogP contribution in [0.15, 0.2) is 12.1 Å². The molecule has 0 spiro atoms. The van der Waals surface area contributed by atoms with Crippen molar-refractivity contribution >= 4 is 18.1 Å². The molecule has 0 heterocycles. The van der Waals surface area contributed by atoms with Crippen molar-refractivity contribution in [2.45, 2.75) is 20.8 Å². The summed E-state index contributed by atoms with van der Waals surface area (Å²) in [5.41, 5.74) is 2.40. The van der Waals surface area contributed by atoms with Crippen LogP contribution in [0.4, 0.5) is 5.69 Å². The predicted molar refractivity (Wildman–Crippen MR) is 67.7 cm³/mol. The van der Waals surface area contributed by atoms with E-state index in [1.165, 1.54) is 0 Å². The lowest BCUT2D eigenvalue weighted by Crippen LogP contribution is -2.15. The van der Waals surface area contributed by atoms with E-state index >= 15 is 0 Å². The number of nitrogens with one attached hydrogen (secondary N) is 1. The van der Waals surface area contributed by atoms with Gasteiger partial charge in [-0.3, -0.25) is 4.79 Å². The number of aryl methyl sites for hydroxylation is 2.